The first-order valence-corrected chi connectivity index (χ1v) is 12.3. The topological polar surface area (TPSA) is 71.5 Å². The van der Waals surface area contributed by atoms with Crippen molar-refractivity contribution in [2.24, 2.45) is 0 Å². The Labute approximate surface area is 198 Å². The summed E-state index contributed by atoms with van der Waals surface area (Å²) in [5.41, 5.74) is 5.36. The summed E-state index contributed by atoms with van der Waals surface area (Å²) in [4.78, 5) is 32.5. The van der Waals surface area contributed by atoms with E-state index >= 15 is 0 Å². The second-order valence-electron chi connectivity index (χ2n) is 8.08. The first kappa shape index (κ1) is 23.0. The van der Waals surface area contributed by atoms with Gasteiger partial charge in [-0.2, -0.15) is 0 Å². The SMILES string of the molecule is CCc1cccc(CC)c1NC(=O)CN1C(=O)C(CC)Oc2ccc(-c3csc(C)n3)cc21. The maximum atomic E-state index is 13.2. The van der Waals surface area contributed by atoms with Crippen molar-refractivity contribution in [1.29, 1.82) is 0 Å². The van der Waals surface area contributed by atoms with Gasteiger partial charge in [0.25, 0.3) is 5.91 Å². The smallest absolute Gasteiger partial charge is 0.268 e. The van der Waals surface area contributed by atoms with Gasteiger partial charge in [-0.05, 0) is 55.5 Å². The second kappa shape index (κ2) is 9.75. The first-order valence-electron chi connectivity index (χ1n) is 11.4. The van der Waals surface area contributed by atoms with E-state index in [0.29, 0.717) is 17.9 Å². The second-order valence-corrected chi connectivity index (χ2v) is 9.14. The van der Waals surface area contributed by atoms with Crippen LogP contribution >= 0.6 is 11.3 Å². The summed E-state index contributed by atoms with van der Waals surface area (Å²) in [5, 5.41) is 6.04. The molecule has 1 unspecified atom stereocenters. The zero-order chi connectivity index (χ0) is 23.5. The zero-order valence-electron chi connectivity index (χ0n) is 19.5. The molecule has 2 heterocycles. The molecule has 6 nitrogen and oxygen atoms in total. The van der Waals surface area contributed by atoms with Crippen LogP contribution in [-0.2, 0) is 22.4 Å². The highest BCUT2D eigenvalue weighted by molar-refractivity contribution is 7.09. The molecule has 1 aromatic heterocycles. The van der Waals surface area contributed by atoms with Gasteiger partial charge in [0.05, 0.1) is 16.4 Å². The number of ether oxygens (including phenoxy) is 1. The number of rotatable bonds is 7. The van der Waals surface area contributed by atoms with Crippen molar-refractivity contribution < 1.29 is 14.3 Å². The number of carbonyl (C=O) groups excluding carboxylic acids is 2. The predicted molar refractivity (Wildman–Crippen MR) is 133 cm³/mol. The van der Waals surface area contributed by atoms with Gasteiger partial charge in [-0.1, -0.05) is 39.0 Å². The van der Waals surface area contributed by atoms with E-state index in [1.54, 1.807) is 16.2 Å². The molecule has 0 spiro atoms. The summed E-state index contributed by atoms with van der Waals surface area (Å²) in [6.45, 7) is 7.93. The lowest BCUT2D eigenvalue weighted by Crippen LogP contribution is -2.48. The maximum Gasteiger partial charge on any atom is 0.268 e. The number of amides is 2. The van der Waals surface area contributed by atoms with Crippen LogP contribution in [0.15, 0.2) is 41.8 Å². The van der Waals surface area contributed by atoms with Gasteiger partial charge in [0, 0.05) is 16.6 Å². The van der Waals surface area contributed by atoms with Gasteiger partial charge in [0.1, 0.15) is 12.3 Å². The van der Waals surface area contributed by atoms with Crippen LogP contribution in [0.3, 0.4) is 0 Å². The van der Waals surface area contributed by atoms with E-state index in [1.165, 1.54) is 0 Å². The number of para-hydroxylation sites is 1. The van der Waals surface area contributed by atoms with Crippen molar-refractivity contribution >= 4 is 34.5 Å². The number of aryl methyl sites for hydroxylation is 3. The predicted octanol–water partition coefficient (Wildman–Crippen LogP) is 5.39. The molecule has 0 bridgehead atoms. The molecule has 7 heteroatoms. The number of benzene rings is 2. The molecule has 4 rings (SSSR count). The molecule has 0 saturated carbocycles. The van der Waals surface area contributed by atoms with Crippen molar-refractivity contribution in [2.45, 2.75) is 53.1 Å². The number of aromatic nitrogens is 1. The van der Waals surface area contributed by atoms with Gasteiger partial charge in [-0.15, -0.1) is 11.3 Å². The summed E-state index contributed by atoms with van der Waals surface area (Å²) < 4.78 is 5.95. The van der Waals surface area contributed by atoms with Crippen molar-refractivity contribution in [3.63, 3.8) is 0 Å². The largest absolute Gasteiger partial charge is 0.478 e. The minimum absolute atomic E-state index is 0.0769. The molecule has 2 amide bonds. The standard InChI is InChI=1S/C26H29N3O3S/c1-5-17-9-8-10-18(6-2)25(17)28-24(30)14-29-21-13-19(20-15-33-16(4)27-20)11-12-23(21)32-22(7-3)26(29)31/h8-13,15,22H,5-7,14H2,1-4H3,(H,28,30). The van der Waals surface area contributed by atoms with Crippen molar-refractivity contribution in [1.82, 2.24) is 4.98 Å². The van der Waals surface area contributed by atoms with Gasteiger partial charge in [0.2, 0.25) is 5.91 Å². The molecule has 0 fully saturated rings. The van der Waals surface area contributed by atoms with E-state index < -0.39 is 6.10 Å². The minimum atomic E-state index is -0.605. The fraction of sp³-hybridized carbons (Fsp3) is 0.346. The zero-order valence-corrected chi connectivity index (χ0v) is 20.3. The molecule has 1 aliphatic heterocycles. The molecule has 33 heavy (non-hydrogen) atoms. The van der Waals surface area contributed by atoms with E-state index in [2.05, 4.69) is 24.1 Å². The van der Waals surface area contributed by atoms with Gasteiger partial charge in [-0.3, -0.25) is 14.5 Å². The molecule has 1 aliphatic rings. The number of hydrogen-bond acceptors (Lipinski definition) is 5. The van der Waals surface area contributed by atoms with E-state index in [-0.39, 0.29) is 18.4 Å². The number of thiazole rings is 1. The molecule has 1 atom stereocenters. The van der Waals surface area contributed by atoms with Gasteiger partial charge >= 0.3 is 0 Å². The third kappa shape index (κ3) is 4.64. The van der Waals surface area contributed by atoms with Gasteiger partial charge in [0.15, 0.2) is 6.10 Å². The molecule has 0 saturated heterocycles. The number of nitrogens with zero attached hydrogens (tertiary/aromatic N) is 2. The minimum Gasteiger partial charge on any atom is -0.478 e. The molecular formula is C26H29N3O3S. The molecular weight excluding hydrogens is 434 g/mol. The van der Waals surface area contributed by atoms with E-state index in [1.807, 2.05) is 55.6 Å². The Balaban J connectivity index is 1.66. The number of hydrogen-bond donors (Lipinski definition) is 1. The van der Waals surface area contributed by atoms with Crippen LogP contribution in [0, 0.1) is 6.92 Å². The summed E-state index contributed by atoms with van der Waals surface area (Å²) in [6.07, 6.45) is 1.56. The van der Waals surface area contributed by atoms with Gasteiger partial charge in [-0.25, -0.2) is 4.98 Å². The monoisotopic (exact) mass is 463 g/mol. The van der Waals surface area contributed by atoms with Crippen LogP contribution in [0.4, 0.5) is 11.4 Å². The lowest BCUT2D eigenvalue weighted by Gasteiger charge is -2.34. The highest BCUT2D eigenvalue weighted by atomic mass is 32.1. The third-order valence-electron chi connectivity index (χ3n) is 5.91. The third-order valence-corrected chi connectivity index (χ3v) is 6.68. The maximum absolute atomic E-state index is 13.2. The average Bonchev–Trinajstić information content (AvgIpc) is 3.26. The lowest BCUT2D eigenvalue weighted by molar-refractivity contribution is -0.128. The van der Waals surface area contributed by atoms with E-state index in [0.717, 1.165) is 45.9 Å². The Morgan fingerprint density at radius 2 is 1.88 bits per heavy atom. The highest BCUT2D eigenvalue weighted by Crippen LogP contribution is 2.38. The lowest BCUT2D eigenvalue weighted by atomic mass is 10.0. The van der Waals surface area contributed by atoms with E-state index in [9.17, 15) is 9.59 Å². The Morgan fingerprint density at radius 1 is 1.15 bits per heavy atom. The van der Waals surface area contributed by atoms with Crippen LogP contribution in [0.5, 0.6) is 5.75 Å². The summed E-state index contributed by atoms with van der Waals surface area (Å²) in [6, 6.07) is 11.8. The fourth-order valence-electron chi connectivity index (χ4n) is 4.13. The molecule has 0 aliphatic carbocycles. The van der Waals surface area contributed by atoms with Crippen LogP contribution in [0.2, 0.25) is 0 Å². The van der Waals surface area contributed by atoms with Crippen LogP contribution < -0.4 is 15.0 Å². The number of fused-ring (bicyclic) bond motifs is 1. The fourth-order valence-corrected chi connectivity index (χ4v) is 4.75. The van der Waals surface area contributed by atoms with Crippen LogP contribution in [0.1, 0.15) is 43.3 Å². The molecule has 172 valence electrons. The summed E-state index contributed by atoms with van der Waals surface area (Å²) >= 11 is 1.57. The van der Waals surface area contributed by atoms with Crippen molar-refractivity contribution in [3.05, 3.63) is 57.9 Å². The Bertz CT molecular complexity index is 1170. The van der Waals surface area contributed by atoms with E-state index in [4.69, 9.17) is 4.74 Å². The molecule has 0 radical (unpaired) electrons. The van der Waals surface area contributed by atoms with Crippen LogP contribution in [0.25, 0.3) is 11.3 Å². The van der Waals surface area contributed by atoms with Gasteiger partial charge < -0.3 is 10.1 Å². The van der Waals surface area contributed by atoms with Crippen molar-refractivity contribution in [3.8, 4) is 17.0 Å². The normalized spacial score (nSPS) is 15.2. The summed E-state index contributed by atoms with van der Waals surface area (Å²) in [5.74, 6) is 0.177. The first-order chi connectivity index (χ1) is 15.9. The Hall–Kier alpha value is -3.19. The number of carbonyl (C=O) groups is 2. The number of anilines is 2. The Kier molecular flexibility index (Phi) is 6.79. The van der Waals surface area contributed by atoms with Crippen LogP contribution in [-0.4, -0.2) is 29.4 Å². The quantitative estimate of drug-likeness (QED) is 0.510. The molecule has 2 aromatic carbocycles. The number of nitrogens with one attached hydrogen (secondary N) is 1. The van der Waals surface area contributed by atoms with Crippen molar-refractivity contribution in [2.75, 3.05) is 16.8 Å². The Morgan fingerprint density at radius 3 is 2.48 bits per heavy atom. The summed E-state index contributed by atoms with van der Waals surface area (Å²) in [7, 11) is 0. The molecule has 3 aromatic rings. The average molecular weight is 464 g/mol. The highest BCUT2D eigenvalue weighted by Gasteiger charge is 2.35. The molecule has 1 N–H and O–H groups in total.